The van der Waals surface area contributed by atoms with E-state index in [-0.39, 0.29) is 23.4 Å². The van der Waals surface area contributed by atoms with Gasteiger partial charge in [0, 0.05) is 12.6 Å². The van der Waals surface area contributed by atoms with Gasteiger partial charge in [-0.05, 0) is 74.9 Å². The lowest BCUT2D eigenvalue weighted by atomic mass is 10.1. The third-order valence-corrected chi connectivity index (χ3v) is 9.29. The van der Waals surface area contributed by atoms with Crippen LogP contribution >= 0.6 is 0 Å². The number of anilines is 1. The van der Waals surface area contributed by atoms with Crippen molar-refractivity contribution in [3.63, 3.8) is 0 Å². The highest BCUT2D eigenvalue weighted by molar-refractivity contribution is 7.92. The molecule has 0 saturated heterocycles. The first-order valence-electron chi connectivity index (χ1n) is 14.3. The van der Waals surface area contributed by atoms with Gasteiger partial charge in [0.05, 0.1) is 10.6 Å². The normalized spacial score (nSPS) is 12.8. The minimum Gasteiger partial charge on any atom is -0.352 e. The van der Waals surface area contributed by atoms with E-state index in [1.807, 2.05) is 77.9 Å². The van der Waals surface area contributed by atoms with Crippen LogP contribution in [-0.2, 0) is 32.6 Å². The second-order valence-corrected chi connectivity index (χ2v) is 12.4. The highest BCUT2D eigenvalue weighted by atomic mass is 32.2. The monoisotopic (exact) mass is 577 g/mol. The van der Waals surface area contributed by atoms with Crippen molar-refractivity contribution in [3.05, 3.63) is 95.1 Å². The van der Waals surface area contributed by atoms with Crippen LogP contribution in [0.5, 0.6) is 0 Å². The summed E-state index contributed by atoms with van der Waals surface area (Å²) >= 11 is 0. The van der Waals surface area contributed by atoms with Gasteiger partial charge in [-0.3, -0.25) is 13.9 Å². The summed E-state index contributed by atoms with van der Waals surface area (Å²) in [6.07, 6.45) is 1.73. The van der Waals surface area contributed by atoms with Crippen molar-refractivity contribution >= 4 is 27.5 Å². The van der Waals surface area contributed by atoms with Crippen molar-refractivity contribution in [2.45, 2.75) is 84.3 Å². The highest BCUT2D eigenvalue weighted by Gasteiger charge is 2.34. The third kappa shape index (κ3) is 7.76. The molecule has 41 heavy (non-hydrogen) atoms. The van der Waals surface area contributed by atoms with Crippen LogP contribution in [0.15, 0.2) is 77.7 Å². The van der Waals surface area contributed by atoms with E-state index in [0.29, 0.717) is 18.5 Å². The summed E-state index contributed by atoms with van der Waals surface area (Å²) in [5.41, 5.74) is 4.09. The minimum atomic E-state index is -4.10. The fourth-order valence-corrected chi connectivity index (χ4v) is 6.19. The standard InChI is InChI=1S/C33H43N3O4S/c1-7-26(6)34-33(38)30(9-3)35(22-28-16-11-10-14-25(28)5)32(37)23-36(31-17-13-12-15-27(31)8-2)41(39,40)29-20-18-24(4)19-21-29/h10-21,26,30H,7-9,22-23H2,1-6H3,(H,34,38)/t26-,30-/m0/s1. The van der Waals surface area contributed by atoms with Gasteiger partial charge in [0.1, 0.15) is 12.6 Å². The predicted molar refractivity (Wildman–Crippen MR) is 165 cm³/mol. The van der Waals surface area contributed by atoms with Gasteiger partial charge in [-0.15, -0.1) is 0 Å². The first kappa shape index (κ1) is 31.9. The van der Waals surface area contributed by atoms with Crippen molar-refractivity contribution < 1.29 is 18.0 Å². The van der Waals surface area contributed by atoms with Crippen LogP contribution in [0.4, 0.5) is 5.69 Å². The number of nitrogens with one attached hydrogen (secondary N) is 1. The molecule has 0 aliphatic carbocycles. The number of sulfonamides is 1. The summed E-state index contributed by atoms with van der Waals surface area (Å²) in [5, 5.41) is 3.02. The lowest BCUT2D eigenvalue weighted by Gasteiger charge is -2.34. The van der Waals surface area contributed by atoms with E-state index in [2.05, 4.69) is 5.32 Å². The van der Waals surface area contributed by atoms with Crippen LogP contribution < -0.4 is 9.62 Å². The van der Waals surface area contributed by atoms with E-state index < -0.39 is 28.5 Å². The summed E-state index contributed by atoms with van der Waals surface area (Å²) in [6, 6.07) is 20.8. The summed E-state index contributed by atoms with van der Waals surface area (Å²) in [7, 11) is -4.10. The van der Waals surface area contributed by atoms with E-state index in [9.17, 15) is 18.0 Å². The molecule has 220 valence electrons. The third-order valence-electron chi connectivity index (χ3n) is 7.52. The summed E-state index contributed by atoms with van der Waals surface area (Å²) in [5.74, 6) is -0.688. The second kappa shape index (κ2) is 14.3. The average molecular weight is 578 g/mol. The zero-order valence-electron chi connectivity index (χ0n) is 25.1. The van der Waals surface area contributed by atoms with Crippen LogP contribution in [0, 0.1) is 13.8 Å². The molecule has 1 N–H and O–H groups in total. The van der Waals surface area contributed by atoms with Gasteiger partial charge in [-0.2, -0.15) is 0 Å². The van der Waals surface area contributed by atoms with Crippen LogP contribution in [0.25, 0.3) is 0 Å². The van der Waals surface area contributed by atoms with E-state index in [1.165, 1.54) is 9.21 Å². The van der Waals surface area contributed by atoms with Crippen LogP contribution in [-0.4, -0.2) is 43.8 Å². The molecule has 0 radical (unpaired) electrons. The molecule has 3 aromatic carbocycles. The SMILES string of the molecule is CCc1ccccc1N(CC(=O)N(Cc1ccccc1C)[C@@H](CC)C(=O)N[C@@H](C)CC)S(=O)(=O)c1ccc(C)cc1. The topological polar surface area (TPSA) is 86.8 Å². The molecule has 0 spiro atoms. The molecule has 0 fully saturated rings. The van der Waals surface area contributed by atoms with Crippen molar-refractivity contribution in [1.29, 1.82) is 0 Å². The van der Waals surface area contributed by atoms with Crippen LogP contribution in [0.2, 0.25) is 0 Å². The number of hydrogen-bond donors (Lipinski definition) is 1. The summed E-state index contributed by atoms with van der Waals surface area (Å²) < 4.78 is 29.4. The molecule has 3 rings (SSSR count). The minimum absolute atomic E-state index is 0.0539. The Balaban J connectivity index is 2.11. The Bertz CT molecular complexity index is 1440. The molecule has 7 nitrogen and oxygen atoms in total. The Morgan fingerprint density at radius 1 is 0.829 bits per heavy atom. The molecule has 0 aliphatic rings. The maximum absolute atomic E-state index is 14.3. The van der Waals surface area contributed by atoms with E-state index in [1.54, 1.807) is 36.4 Å². The van der Waals surface area contributed by atoms with E-state index in [4.69, 9.17) is 0 Å². The number of rotatable bonds is 13. The number of aryl methyl sites for hydroxylation is 3. The van der Waals surface area contributed by atoms with Crippen molar-refractivity contribution in [3.8, 4) is 0 Å². The predicted octanol–water partition coefficient (Wildman–Crippen LogP) is 5.78. The molecule has 0 heterocycles. The number of carbonyl (C=O) groups is 2. The lowest BCUT2D eigenvalue weighted by molar-refractivity contribution is -0.140. The number of benzene rings is 3. The molecular formula is C33H43N3O4S. The number of hydrogen-bond acceptors (Lipinski definition) is 4. The zero-order chi connectivity index (χ0) is 30.2. The van der Waals surface area contributed by atoms with Gasteiger partial charge in [-0.1, -0.05) is 80.9 Å². The largest absolute Gasteiger partial charge is 0.352 e. The van der Waals surface area contributed by atoms with Crippen molar-refractivity contribution in [1.82, 2.24) is 10.2 Å². The molecule has 2 amide bonds. The molecular weight excluding hydrogens is 534 g/mol. The number of amides is 2. The molecule has 0 bridgehead atoms. The molecule has 8 heteroatoms. The summed E-state index contributed by atoms with van der Waals surface area (Å²) in [4.78, 5) is 29.3. The maximum atomic E-state index is 14.3. The number of carbonyl (C=O) groups excluding carboxylic acids is 2. The average Bonchev–Trinajstić information content (AvgIpc) is 2.96. The molecule has 3 aromatic rings. The number of para-hydroxylation sites is 1. The smallest absolute Gasteiger partial charge is 0.264 e. The van der Waals surface area contributed by atoms with Gasteiger partial charge in [0.2, 0.25) is 11.8 Å². The second-order valence-electron chi connectivity index (χ2n) is 10.5. The van der Waals surface area contributed by atoms with Gasteiger partial charge in [0.15, 0.2) is 0 Å². The van der Waals surface area contributed by atoms with Gasteiger partial charge < -0.3 is 10.2 Å². The van der Waals surface area contributed by atoms with Crippen molar-refractivity contribution in [2.75, 3.05) is 10.8 Å². The first-order chi connectivity index (χ1) is 19.5. The molecule has 0 saturated carbocycles. The van der Waals surface area contributed by atoms with Gasteiger partial charge in [0.25, 0.3) is 10.0 Å². The van der Waals surface area contributed by atoms with Gasteiger partial charge >= 0.3 is 0 Å². The molecule has 0 unspecified atom stereocenters. The number of nitrogens with zero attached hydrogens (tertiary/aromatic N) is 2. The Kier molecular flexibility index (Phi) is 11.1. The van der Waals surface area contributed by atoms with E-state index in [0.717, 1.165) is 28.7 Å². The van der Waals surface area contributed by atoms with Crippen molar-refractivity contribution in [2.24, 2.45) is 0 Å². The van der Waals surface area contributed by atoms with Gasteiger partial charge in [-0.25, -0.2) is 8.42 Å². The highest BCUT2D eigenvalue weighted by Crippen LogP contribution is 2.28. The first-order valence-corrected chi connectivity index (χ1v) is 15.8. The van der Waals surface area contributed by atoms with Crippen LogP contribution in [0.3, 0.4) is 0 Å². The zero-order valence-corrected chi connectivity index (χ0v) is 25.9. The molecule has 0 aromatic heterocycles. The fraction of sp³-hybridized carbons (Fsp3) is 0.394. The Morgan fingerprint density at radius 2 is 1.44 bits per heavy atom. The maximum Gasteiger partial charge on any atom is 0.264 e. The van der Waals surface area contributed by atoms with Crippen LogP contribution in [0.1, 0.15) is 62.8 Å². The molecule has 2 atom stereocenters. The quantitative estimate of drug-likeness (QED) is 0.279. The van der Waals surface area contributed by atoms with E-state index >= 15 is 0 Å². The summed E-state index contributed by atoms with van der Waals surface area (Å²) in [6.45, 7) is 11.3. The lowest BCUT2D eigenvalue weighted by Crippen LogP contribution is -2.53. The Hall–Kier alpha value is -3.65. The Labute approximate surface area is 245 Å². The molecule has 0 aliphatic heterocycles. The fourth-order valence-electron chi connectivity index (χ4n) is 4.74. The Morgan fingerprint density at radius 3 is 2.02 bits per heavy atom.